The van der Waals surface area contributed by atoms with Crippen LogP contribution in [-0.2, 0) is 4.74 Å². The average molecular weight is 389 g/mol. The van der Waals surface area contributed by atoms with Gasteiger partial charge < -0.3 is 14.9 Å². The Morgan fingerprint density at radius 1 is 0.929 bits per heavy atom. The van der Waals surface area contributed by atoms with E-state index >= 15 is 0 Å². The summed E-state index contributed by atoms with van der Waals surface area (Å²) in [6.45, 7) is 4.79. The molecule has 5 rings (SSSR count). The fourth-order valence-electron chi connectivity index (χ4n) is 8.82. The maximum Gasteiger partial charge on any atom is 0.0757 e. The van der Waals surface area contributed by atoms with Crippen molar-refractivity contribution in [1.29, 1.82) is 0 Å². The van der Waals surface area contributed by atoms with Crippen molar-refractivity contribution >= 4 is 0 Å². The zero-order valence-electron chi connectivity index (χ0n) is 18.1. The lowest BCUT2D eigenvalue weighted by atomic mass is 9.46. The second-order valence-corrected chi connectivity index (χ2v) is 11.4. The Balaban J connectivity index is 1.45. The van der Waals surface area contributed by atoms with Crippen molar-refractivity contribution in [2.24, 2.45) is 34.5 Å². The Labute approximate surface area is 170 Å². The number of aliphatic hydroxyl groups is 2. The highest BCUT2D eigenvalue weighted by atomic mass is 16.5. The molecular formula is C25H40O3. The lowest BCUT2D eigenvalue weighted by Gasteiger charge is -2.59. The van der Waals surface area contributed by atoms with Crippen LogP contribution in [0.3, 0.4) is 0 Å². The fraction of sp³-hybridized carbons (Fsp3) is 0.920. The monoisotopic (exact) mass is 388 g/mol. The molecule has 5 aliphatic rings. The van der Waals surface area contributed by atoms with E-state index in [2.05, 4.69) is 19.9 Å². The highest BCUT2D eigenvalue weighted by molar-refractivity contribution is 5.28. The summed E-state index contributed by atoms with van der Waals surface area (Å²) >= 11 is 0. The Kier molecular flexibility index (Phi) is 4.58. The molecule has 4 fully saturated rings. The second kappa shape index (κ2) is 6.56. The van der Waals surface area contributed by atoms with E-state index in [4.69, 9.17) is 4.74 Å². The van der Waals surface area contributed by atoms with Crippen molar-refractivity contribution in [2.75, 3.05) is 7.11 Å². The summed E-state index contributed by atoms with van der Waals surface area (Å²) in [7, 11) is 1.92. The van der Waals surface area contributed by atoms with E-state index in [9.17, 15) is 10.2 Å². The standard InChI is InChI=1S/C25H40O3/c1-23-12-8-16(25(28-3)10-4-5-11-25)14-17(23)15-20(26)22-18-6-7-21(27)24(18,2)13-9-19(22)23/h15-16,18-22,26-27H,4-14H2,1-3H3/t16-,18?,19?,20?,21-,22?,23-,24-/m0/s1. The number of fused-ring (bicyclic) bond motifs is 5. The molecule has 3 nitrogen and oxygen atoms in total. The first-order valence-corrected chi connectivity index (χ1v) is 12.0. The van der Waals surface area contributed by atoms with E-state index in [1.807, 2.05) is 7.11 Å². The van der Waals surface area contributed by atoms with Gasteiger partial charge in [0, 0.05) is 7.11 Å². The molecule has 3 heteroatoms. The molecular weight excluding hydrogens is 348 g/mol. The Bertz CT molecular complexity index is 650. The van der Waals surface area contributed by atoms with Gasteiger partial charge in [-0.05, 0) is 92.3 Å². The number of allylic oxidation sites excluding steroid dienone is 1. The predicted molar refractivity (Wildman–Crippen MR) is 111 cm³/mol. The van der Waals surface area contributed by atoms with Crippen LogP contribution in [0.2, 0.25) is 0 Å². The summed E-state index contributed by atoms with van der Waals surface area (Å²) in [6, 6.07) is 0. The van der Waals surface area contributed by atoms with E-state index < -0.39 is 0 Å². The zero-order valence-corrected chi connectivity index (χ0v) is 18.1. The molecule has 0 aromatic heterocycles. The lowest BCUT2D eigenvalue weighted by Crippen LogP contribution is -2.55. The SMILES string of the molecule is COC1([C@H]2CC[C@@]3(C)C(=CC(O)C4C3CC[C@@]3(C)C4CC[C@@H]3O)C2)CCCC1. The Hall–Kier alpha value is -0.380. The molecule has 0 aliphatic heterocycles. The maximum atomic E-state index is 11.3. The smallest absolute Gasteiger partial charge is 0.0757 e. The first-order valence-electron chi connectivity index (χ1n) is 12.0. The van der Waals surface area contributed by atoms with Crippen LogP contribution in [0.5, 0.6) is 0 Å². The minimum Gasteiger partial charge on any atom is -0.393 e. The summed E-state index contributed by atoms with van der Waals surface area (Å²) in [5, 5.41) is 21.9. The van der Waals surface area contributed by atoms with Crippen molar-refractivity contribution in [3.05, 3.63) is 11.6 Å². The topological polar surface area (TPSA) is 49.7 Å². The van der Waals surface area contributed by atoms with Crippen LogP contribution in [0.1, 0.15) is 84.5 Å². The van der Waals surface area contributed by atoms with Crippen LogP contribution in [0, 0.1) is 34.5 Å². The number of rotatable bonds is 2. The largest absolute Gasteiger partial charge is 0.393 e. The minimum absolute atomic E-state index is 0.0189. The highest BCUT2D eigenvalue weighted by Crippen LogP contribution is 2.66. The third-order valence-corrected chi connectivity index (χ3v) is 10.7. The van der Waals surface area contributed by atoms with Gasteiger partial charge in [-0.25, -0.2) is 0 Å². The maximum absolute atomic E-state index is 11.3. The van der Waals surface area contributed by atoms with Crippen molar-refractivity contribution in [3.63, 3.8) is 0 Å². The molecule has 0 bridgehead atoms. The molecule has 4 unspecified atom stereocenters. The van der Waals surface area contributed by atoms with Gasteiger partial charge in [-0.3, -0.25) is 0 Å². The molecule has 2 N–H and O–H groups in total. The summed E-state index contributed by atoms with van der Waals surface area (Å²) in [6.07, 6.45) is 14.7. The minimum atomic E-state index is -0.330. The van der Waals surface area contributed by atoms with E-state index in [1.165, 1.54) is 50.5 Å². The van der Waals surface area contributed by atoms with Gasteiger partial charge in [0.25, 0.3) is 0 Å². The van der Waals surface area contributed by atoms with Crippen LogP contribution in [0.25, 0.3) is 0 Å². The van der Waals surface area contributed by atoms with E-state index in [0.29, 0.717) is 23.7 Å². The normalized spacial score (nSPS) is 52.5. The van der Waals surface area contributed by atoms with E-state index in [1.54, 1.807) is 0 Å². The Morgan fingerprint density at radius 3 is 2.39 bits per heavy atom. The number of hydrogen-bond acceptors (Lipinski definition) is 3. The number of hydrogen-bond donors (Lipinski definition) is 2. The van der Waals surface area contributed by atoms with Crippen molar-refractivity contribution in [3.8, 4) is 0 Å². The van der Waals surface area contributed by atoms with Gasteiger partial charge >= 0.3 is 0 Å². The molecule has 28 heavy (non-hydrogen) atoms. The Morgan fingerprint density at radius 2 is 1.68 bits per heavy atom. The zero-order chi connectivity index (χ0) is 19.7. The van der Waals surface area contributed by atoms with Gasteiger partial charge in [-0.15, -0.1) is 0 Å². The predicted octanol–water partition coefficient (Wildman–Crippen LogP) is 4.86. The second-order valence-electron chi connectivity index (χ2n) is 11.4. The quantitative estimate of drug-likeness (QED) is 0.665. The lowest BCUT2D eigenvalue weighted by molar-refractivity contribution is -0.114. The van der Waals surface area contributed by atoms with E-state index in [0.717, 1.165) is 25.7 Å². The molecule has 0 radical (unpaired) electrons. The van der Waals surface area contributed by atoms with Gasteiger partial charge in [-0.2, -0.15) is 0 Å². The summed E-state index contributed by atoms with van der Waals surface area (Å²) in [5.41, 5.74) is 1.88. The van der Waals surface area contributed by atoms with Crippen molar-refractivity contribution in [1.82, 2.24) is 0 Å². The van der Waals surface area contributed by atoms with Crippen LogP contribution < -0.4 is 0 Å². The molecule has 4 saturated carbocycles. The molecule has 5 aliphatic carbocycles. The van der Waals surface area contributed by atoms with Gasteiger partial charge in [0.2, 0.25) is 0 Å². The summed E-state index contributed by atoms with van der Waals surface area (Å²) < 4.78 is 6.15. The van der Waals surface area contributed by atoms with E-state index in [-0.39, 0.29) is 28.6 Å². The third kappa shape index (κ3) is 2.51. The molecule has 8 atom stereocenters. The third-order valence-electron chi connectivity index (χ3n) is 10.7. The van der Waals surface area contributed by atoms with Crippen LogP contribution in [-0.4, -0.2) is 35.1 Å². The summed E-state index contributed by atoms with van der Waals surface area (Å²) in [4.78, 5) is 0. The van der Waals surface area contributed by atoms with Crippen LogP contribution >= 0.6 is 0 Å². The van der Waals surface area contributed by atoms with Gasteiger partial charge in [-0.1, -0.05) is 38.3 Å². The van der Waals surface area contributed by atoms with Crippen molar-refractivity contribution < 1.29 is 14.9 Å². The molecule has 0 saturated heterocycles. The highest BCUT2D eigenvalue weighted by Gasteiger charge is 2.61. The molecule has 0 aromatic carbocycles. The molecule has 0 spiro atoms. The first-order chi connectivity index (χ1) is 13.3. The molecule has 158 valence electrons. The number of ether oxygens (including phenoxy) is 1. The van der Waals surface area contributed by atoms with Crippen LogP contribution in [0.15, 0.2) is 11.6 Å². The van der Waals surface area contributed by atoms with Crippen LogP contribution in [0.4, 0.5) is 0 Å². The van der Waals surface area contributed by atoms with Gasteiger partial charge in [0.05, 0.1) is 17.8 Å². The van der Waals surface area contributed by atoms with Gasteiger partial charge in [0.1, 0.15) is 0 Å². The van der Waals surface area contributed by atoms with Gasteiger partial charge in [0.15, 0.2) is 0 Å². The average Bonchev–Trinajstić information content (AvgIpc) is 3.28. The molecule has 0 amide bonds. The number of aliphatic hydroxyl groups excluding tert-OH is 2. The fourth-order valence-corrected chi connectivity index (χ4v) is 8.82. The summed E-state index contributed by atoms with van der Waals surface area (Å²) in [5.74, 6) is 2.01. The number of methoxy groups -OCH3 is 1. The molecule has 0 aromatic rings. The van der Waals surface area contributed by atoms with Crippen molar-refractivity contribution in [2.45, 2.75) is 102 Å². The first kappa shape index (κ1) is 19.6. The molecule has 0 heterocycles.